The lowest BCUT2D eigenvalue weighted by atomic mass is 9.93. The Labute approximate surface area is 156 Å². The third kappa shape index (κ3) is 4.10. The normalized spacial score (nSPS) is 20.3. The van der Waals surface area contributed by atoms with Crippen LogP contribution in [0.5, 0.6) is 0 Å². The van der Waals surface area contributed by atoms with Crippen LogP contribution in [0.1, 0.15) is 37.0 Å². The molecule has 2 heterocycles. The summed E-state index contributed by atoms with van der Waals surface area (Å²) in [4.78, 5) is 6.57. The quantitative estimate of drug-likeness (QED) is 0.654. The summed E-state index contributed by atoms with van der Waals surface area (Å²) in [5.41, 5.74) is 6.46. The third-order valence-corrected chi connectivity index (χ3v) is 5.11. The maximum absolute atomic E-state index is 14.1. The second kappa shape index (κ2) is 7.16. The zero-order valence-electron chi connectivity index (χ0n) is 16.0. The van der Waals surface area contributed by atoms with Crippen LogP contribution in [0.3, 0.4) is 0 Å². The van der Waals surface area contributed by atoms with Crippen molar-refractivity contribution in [2.24, 2.45) is 0 Å². The molecule has 0 N–H and O–H groups in total. The Bertz CT molecular complexity index is 851. The van der Waals surface area contributed by atoms with E-state index in [0.29, 0.717) is 13.0 Å². The van der Waals surface area contributed by atoms with Gasteiger partial charge in [-0.15, -0.1) is 0 Å². The van der Waals surface area contributed by atoms with E-state index < -0.39 is 5.67 Å². The van der Waals surface area contributed by atoms with E-state index in [4.69, 9.17) is 0 Å². The van der Waals surface area contributed by atoms with E-state index >= 15 is 0 Å². The van der Waals surface area contributed by atoms with Crippen molar-refractivity contribution in [2.75, 3.05) is 13.1 Å². The first-order valence-electron chi connectivity index (χ1n) is 9.06. The molecule has 0 spiro atoms. The minimum atomic E-state index is -1.07. The average Bonchev–Trinajstić information content (AvgIpc) is 2.93. The van der Waals surface area contributed by atoms with Crippen LogP contribution in [0.2, 0.25) is 0 Å². The Kier molecular flexibility index (Phi) is 5.10. The molecule has 26 heavy (non-hydrogen) atoms. The van der Waals surface area contributed by atoms with E-state index in [2.05, 4.69) is 54.2 Å². The SMILES string of the molecule is C=C(C)C(=C)c1cc(-c2cncc(CN3CCC(C)(F)C3)c2)ccc1C. The lowest BCUT2D eigenvalue weighted by Gasteiger charge is -2.17. The summed E-state index contributed by atoms with van der Waals surface area (Å²) in [6.45, 7) is 15.9. The van der Waals surface area contributed by atoms with Crippen LogP contribution in [0.4, 0.5) is 4.39 Å². The number of benzene rings is 1. The highest BCUT2D eigenvalue weighted by Crippen LogP contribution is 2.30. The molecule has 136 valence electrons. The summed E-state index contributed by atoms with van der Waals surface area (Å²) < 4.78 is 14.1. The van der Waals surface area contributed by atoms with Gasteiger partial charge in [0, 0.05) is 37.6 Å². The maximum atomic E-state index is 14.1. The highest BCUT2D eigenvalue weighted by atomic mass is 19.1. The monoisotopic (exact) mass is 350 g/mol. The van der Waals surface area contributed by atoms with Crippen LogP contribution in [-0.2, 0) is 6.54 Å². The van der Waals surface area contributed by atoms with Gasteiger partial charge < -0.3 is 0 Å². The van der Waals surface area contributed by atoms with Gasteiger partial charge in [0.05, 0.1) is 0 Å². The number of hydrogen-bond donors (Lipinski definition) is 0. The molecule has 1 unspecified atom stereocenters. The molecule has 2 aromatic rings. The number of aryl methyl sites for hydroxylation is 1. The maximum Gasteiger partial charge on any atom is 0.122 e. The first-order chi connectivity index (χ1) is 12.2. The van der Waals surface area contributed by atoms with Crippen LogP contribution in [0.25, 0.3) is 16.7 Å². The molecule has 3 heteroatoms. The Morgan fingerprint density at radius 1 is 1.23 bits per heavy atom. The van der Waals surface area contributed by atoms with E-state index in [9.17, 15) is 4.39 Å². The van der Waals surface area contributed by atoms with Crippen molar-refractivity contribution in [1.82, 2.24) is 9.88 Å². The molecule has 0 saturated carbocycles. The van der Waals surface area contributed by atoms with Gasteiger partial charge in [0.1, 0.15) is 5.67 Å². The van der Waals surface area contributed by atoms with Crippen LogP contribution in [0.15, 0.2) is 55.4 Å². The van der Waals surface area contributed by atoms with Gasteiger partial charge in [0.2, 0.25) is 0 Å². The number of likely N-dealkylation sites (tertiary alicyclic amines) is 1. The molecule has 0 aliphatic carbocycles. The van der Waals surface area contributed by atoms with Gasteiger partial charge in [-0.25, -0.2) is 4.39 Å². The number of hydrogen-bond acceptors (Lipinski definition) is 2. The van der Waals surface area contributed by atoms with Gasteiger partial charge in [0.25, 0.3) is 0 Å². The highest BCUT2D eigenvalue weighted by Gasteiger charge is 2.33. The van der Waals surface area contributed by atoms with E-state index in [1.165, 1.54) is 5.56 Å². The Morgan fingerprint density at radius 3 is 2.65 bits per heavy atom. The third-order valence-electron chi connectivity index (χ3n) is 5.11. The fraction of sp³-hybridized carbons (Fsp3) is 0.348. The van der Waals surface area contributed by atoms with Gasteiger partial charge in [-0.1, -0.05) is 30.9 Å². The summed E-state index contributed by atoms with van der Waals surface area (Å²) in [5, 5.41) is 0. The zero-order chi connectivity index (χ0) is 18.9. The number of pyridine rings is 1. The molecule has 1 aromatic heterocycles. The Morgan fingerprint density at radius 2 is 2.00 bits per heavy atom. The number of nitrogens with zero attached hydrogens (tertiary/aromatic N) is 2. The summed E-state index contributed by atoms with van der Waals surface area (Å²) in [6, 6.07) is 8.53. The van der Waals surface area contributed by atoms with Crippen LogP contribution < -0.4 is 0 Å². The van der Waals surface area contributed by atoms with Gasteiger partial charge in [-0.05, 0) is 67.2 Å². The number of halogens is 1. The highest BCUT2D eigenvalue weighted by molar-refractivity contribution is 5.81. The van der Waals surface area contributed by atoms with Crippen LogP contribution in [-0.4, -0.2) is 28.6 Å². The molecule has 1 saturated heterocycles. The smallest absolute Gasteiger partial charge is 0.122 e. The molecule has 1 aliphatic heterocycles. The topological polar surface area (TPSA) is 16.1 Å². The van der Waals surface area contributed by atoms with Gasteiger partial charge >= 0.3 is 0 Å². The molecule has 2 nitrogen and oxygen atoms in total. The van der Waals surface area contributed by atoms with E-state index in [-0.39, 0.29) is 0 Å². The molecule has 0 amide bonds. The van der Waals surface area contributed by atoms with Gasteiger partial charge in [-0.2, -0.15) is 0 Å². The predicted octanol–water partition coefficient (Wildman–Crippen LogP) is 5.58. The van der Waals surface area contributed by atoms with Crippen molar-refractivity contribution in [2.45, 2.75) is 39.4 Å². The summed E-state index contributed by atoms with van der Waals surface area (Å²) in [7, 11) is 0. The molecule has 1 aromatic carbocycles. The minimum Gasteiger partial charge on any atom is -0.296 e. The van der Waals surface area contributed by atoms with Crippen molar-refractivity contribution in [3.05, 3.63) is 72.1 Å². The summed E-state index contributed by atoms with van der Waals surface area (Å²) in [5.74, 6) is 0. The van der Waals surface area contributed by atoms with Gasteiger partial charge in [-0.3, -0.25) is 9.88 Å². The second-order valence-corrected chi connectivity index (χ2v) is 7.74. The predicted molar refractivity (Wildman–Crippen MR) is 108 cm³/mol. The number of alkyl halides is 1. The lowest BCUT2D eigenvalue weighted by molar-refractivity contribution is 0.186. The first kappa shape index (κ1) is 18.5. The molecule has 1 aliphatic rings. The van der Waals surface area contributed by atoms with Crippen molar-refractivity contribution in [1.29, 1.82) is 0 Å². The standard InChI is InChI=1S/C23H27FN2/c1-16(2)18(4)22-11-20(7-6-17(22)3)21-10-19(12-25-13-21)14-26-9-8-23(5,24)15-26/h6-7,10-13H,1,4,8-9,14-15H2,2-3,5H3. The van der Waals surface area contributed by atoms with Crippen molar-refractivity contribution in [3.63, 3.8) is 0 Å². The summed E-state index contributed by atoms with van der Waals surface area (Å²) in [6.07, 6.45) is 4.36. The second-order valence-electron chi connectivity index (χ2n) is 7.74. The van der Waals surface area contributed by atoms with Crippen LogP contribution in [0, 0.1) is 6.92 Å². The lowest BCUT2D eigenvalue weighted by Crippen LogP contribution is -2.25. The van der Waals surface area contributed by atoms with E-state index in [1.54, 1.807) is 6.92 Å². The molecule has 0 bridgehead atoms. The molecular formula is C23H27FN2. The number of aromatic nitrogens is 1. The minimum absolute atomic E-state index is 0.490. The van der Waals surface area contributed by atoms with E-state index in [0.717, 1.165) is 46.5 Å². The summed E-state index contributed by atoms with van der Waals surface area (Å²) >= 11 is 0. The van der Waals surface area contributed by atoms with Crippen molar-refractivity contribution >= 4 is 5.57 Å². The van der Waals surface area contributed by atoms with Gasteiger partial charge in [0.15, 0.2) is 0 Å². The molecule has 0 radical (unpaired) electrons. The van der Waals surface area contributed by atoms with Crippen molar-refractivity contribution in [3.8, 4) is 11.1 Å². The fourth-order valence-electron chi connectivity index (χ4n) is 3.50. The molecule has 1 fully saturated rings. The Balaban J connectivity index is 1.85. The zero-order valence-corrected chi connectivity index (χ0v) is 16.0. The number of allylic oxidation sites excluding steroid dienone is 2. The fourth-order valence-corrected chi connectivity index (χ4v) is 3.50. The van der Waals surface area contributed by atoms with Crippen molar-refractivity contribution < 1.29 is 4.39 Å². The molecule has 3 rings (SSSR count). The largest absolute Gasteiger partial charge is 0.296 e. The average molecular weight is 350 g/mol. The van der Waals surface area contributed by atoms with E-state index in [1.807, 2.05) is 19.3 Å². The van der Waals surface area contributed by atoms with Crippen LogP contribution >= 0.6 is 0 Å². The number of rotatable bonds is 5. The Hall–Kier alpha value is -2.26. The molecule has 1 atom stereocenters. The first-order valence-corrected chi connectivity index (χ1v) is 9.06. The molecular weight excluding hydrogens is 323 g/mol.